The summed E-state index contributed by atoms with van der Waals surface area (Å²) in [5.41, 5.74) is 0. The van der Waals surface area contributed by atoms with Crippen molar-refractivity contribution < 1.29 is 17.6 Å². The van der Waals surface area contributed by atoms with Gasteiger partial charge in [0.15, 0.2) is 0 Å². The van der Waals surface area contributed by atoms with Crippen molar-refractivity contribution in [1.29, 1.82) is 0 Å². The fourth-order valence-electron chi connectivity index (χ4n) is 1.45. The summed E-state index contributed by atoms with van der Waals surface area (Å²) in [6, 6.07) is 2.49. The third kappa shape index (κ3) is 4.53. The molecule has 1 aromatic rings. The first-order valence-electron chi connectivity index (χ1n) is 5.91. The van der Waals surface area contributed by atoms with Gasteiger partial charge in [-0.05, 0) is 39.0 Å². The largest absolute Gasteiger partial charge is 0.353 e. The Balaban J connectivity index is 2.92. The molecule has 0 radical (unpaired) electrons. The molecule has 0 saturated heterocycles. The van der Waals surface area contributed by atoms with Crippen LogP contribution in [0.5, 0.6) is 0 Å². The van der Waals surface area contributed by atoms with Crippen molar-refractivity contribution >= 4 is 31.9 Å². The normalized spacial score (nSPS) is 13.3. The SMILES string of the molecule is CC(C)NC(=O)C(C)NS(=O)(=O)c1ccc(Br)cc1F. The van der Waals surface area contributed by atoms with E-state index in [9.17, 15) is 17.6 Å². The molecule has 1 unspecified atom stereocenters. The molecule has 0 fully saturated rings. The first-order valence-corrected chi connectivity index (χ1v) is 8.19. The zero-order chi connectivity index (χ0) is 15.5. The molecule has 5 nitrogen and oxygen atoms in total. The van der Waals surface area contributed by atoms with Gasteiger partial charge in [0.25, 0.3) is 0 Å². The molecule has 0 saturated carbocycles. The number of amides is 1. The minimum atomic E-state index is -4.09. The predicted octanol–water partition coefficient (Wildman–Crippen LogP) is 1.78. The Labute approximate surface area is 126 Å². The van der Waals surface area contributed by atoms with Crippen LogP contribution in [-0.4, -0.2) is 26.4 Å². The van der Waals surface area contributed by atoms with Gasteiger partial charge < -0.3 is 5.32 Å². The molecule has 0 aromatic heterocycles. The van der Waals surface area contributed by atoms with Gasteiger partial charge in [0, 0.05) is 10.5 Å². The molecule has 1 atom stereocenters. The zero-order valence-corrected chi connectivity index (χ0v) is 13.7. The van der Waals surface area contributed by atoms with Gasteiger partial charge in [-0.3, -0.25) is 4.79 Å². The number of carbonyl (C=O) groups is 1. The fourth-order valence-corrected chi connectivity index (χ4v) is 3.05. The highest BCUT2D eigenvalue weighted by Gasteiger charge is 2.24. The number of sulfonamides is 1. The van der Waals surface area contributed by atoms with E-state index in [0.29, 0.717) is 4.47 Å². The molecule has 0 aliphatic carbocycles. The van der Waals surface area contributed by atoms with Crippen molar-refractivity contribution in [2.24, 2.45) is 0 Å². The third-order valence-electron chi connectivity index (χ3n) is 2.34. The van der Waals surface area contributed by atoms with E-state index < -0.39 is 32.7 Å². The molecule has 0 bridgehead atoms. The van der Waals surface area contributed by atoms with Crippen molar-refractivity contribution in [2.45, 2.75) is 37.8 Å². The quantitative estimate of drug-likeness (QED) is 0.833. The summed E-state index contributed by atoms with van der Waals surface area (Å²) < 4.78 is 40.3. The van der Waals surface area contributed by atoms with E-state index in [1.807, 2.05) is 0 Å². The smallest absolute Gasteiger partial charge is 0.244 e. The monoisotopic (exact) mass is 366 g/mol. The summed E-state index contributed by atoms with van der Waals surface area (Å²) in [4.78, 5) is 11.2. The third-order valence-corrected chi connectivity index (χ3v) is 4.41. The number of carbonyl (C=O) groups excluding carboxylic acids is 1. The molecule has 0 aliphatic heterocycles. The number of hydrogen-bond acceptors (Lipinski definition) is 3. The van der Waals surface area contributed by atoms with Crippen molar-refractivity contribution in [3.8, 4) is 0 Å². The summed E-state index contributed by atoms with van der Waals surface area (Å²) >= 11 is 3.04. The van der Waals surface area contributed by atoms with E-state index in [-0.39, 0.29) is 6.04 Å². The molecule has 1 rings (SSSR count). The molecule has 1 amide bonds. The molecular weight excluding hydrogens is 351 g/mol. The standard InChI is InChI=1S/C12H16BrFN2O3S/c1-7(2)15-12(17)8(3)16-20(18,19)11-5-4-9(13)6-10(11)14/h4-8,16H,1-3H3,(H,15,17). The van der Waals surface area contributed by atoms with Crippen LogP contribution in [-0.2, 0) is 14.8 Å². The predicted molar refractivity (Wildman–Crippen MR) is 77.2 cm³/mol. The highest BCUT2D eigenvalue weighted by Crippen LogP contribution is 2.19. The lowest BCUT2D eigenvalue weighted by molar-refractivity contribution is -0.122. The molecule has 112 valence electrons. The summed E-state index contributed by atoms with van der Waals surface area (Å²) in [6.45, 7) is 4.91. The van der Waals surface area contributed by atoms with Crippen LogP contribution >= 0.6 is 15.9 Å². The van der Waals surface area contributed by atoms with Gasteiger partial charge in [-0.2, -0.15) is 4.72 Å². The van der Waals surface area contributed by atoms with Crippen molar-refractivity contribution in [1.82, 2.24) is 10.0 Å². The van der Waals surface area contributed by atoms with E-state index in [4.69, 9.17) is 0 Å². The topological polar surface area (TPSA) is 75.3 Å². The Morgan fingerprint density at radius 2 is 1.90 bits per heavy atom. The maximum absolute atomic E-state index is 13.7. The lowest BCUT2D eigenvalue weighted by atomic mass is 10.3. The zero-order valence-electron chi connectivity index (χ0n) is 11.3. The Kier molecular flexibility index (Phi) is 5.67. The van der Waals surface area contributed by atoms with Crippen LogP contribution in [0.15, 0.2) is 27.6 Å². The number of benzene rings is 1. The van der Waals surface area contributed by atoms with Crippen LogP contribution in [0.3, 0.4) is 0 Å². The fraction of sp³-hybridized carbons (Fsp3) is 0.417. The van der Waals surface area contributed by atoms with Gasteiger partial charge in [0.2, 0.25) is 15.9 Å². The van der Waals surface area contributed by atoms with Crippen molar-refractivity contribution in [3.05, 3.63) is 28.5 Å². The maximum atomic E-state index is 13.7. The summed E-state index contributed by atoms with van der Waals surface area (Å²) in [6.07, 6.45) is 0. The molecule has 8 heteroatoms. The summed E-state index contributed by atoms with van der Waals surface area (Å²) in [5.74, 6) is -1.36. The van der Waals surface area contributed by atoms with Gasteiger partial charge in [0.05, 0.1) is 6.04 Å². The van der Waals surface area contributed by atoms with Gasteiger partial charge in [0.1, 0.15) is 10.7 Å². The lowest BCUT2D eigenvalue weighted by Crippen LogP contribution is -2.46. The second-order valence-corrected chi connectivity index (χ2v) is 7.18. The molecule has 1 aromatic carbocycles. The molecule has 0 spiro atoms. The highest BCUT2D eigenvalue weighted by molar-refractivity contribution is 9.10. The average molecular weight is 367 g/mol. The van der Waals surface area contributed by atoms with E-state index in [0.717, 1.165) is 12.1 Å². The van der Waals surface area contributed by atoms with E-state index in [1.54, 1.807) is 13.8 Å². The summed E-state index contributed by atoms with van der Waals surface area (Å²) in [7, 11) is -4.09. The maximum Gasteiger partial charge on any atom is 0.244 e. The van der Waals surface area contributed by atoms with E-state index >= 15 is 0 Å². The van der Waals surface area contributed by atoms with Crippen LogP contribution in [0.25, 0.3) is 0 Å². The molecule has 0 aliphatic rings. The Bertz CT molecular complexity index is 605. The Morgan fingerprint density at radius 1 is 1.30 bits per heavy atom. The van der Waals surface area contributed by atoms with Gasteiger partial charge in [-0.15, -0.1) is 0 Å². The molecule has 2 N–H and O–H groups in total. The van der Waals surface area contributed by atoms with Crippen molar-refractivity contribution in [2.75, 3.05) is 0 Å². The van der Waals surface area contributed by atoms with Crippen LogP contribution in [0.4, 0.5) is 4.39 Å². The first-order chi connectivity index (χ1) is 9.13. The van der Waals surface area contributed by atoms with Crippen LogP contribution in [0.2, 0.25) is 0 Å². The summed E-state index contributed by atoms with van der Waals surface area (Å²) in [5, 5.41) is 2.57. The number of rotatable bonds is 5. The van der Waals surface area contributed by atoms with Gasteiger partial charge >= 0.3 is 0 Å². The Morgan fingerprint density at radius 3 is 2.40 bits per heavy atom. The second-order valence-electron chi connectivity index (χ2n) is 4.58. The second kappa shape index (κ2) is 6.64. The van der Waals surface area contributed by atoms with Gasteiger partial charge in [-0.25, -0.2) is 12.8 Å². The van der Waals surface area contributed by atoms with E-state index in [2.05, 4.69) is 26.0 Å². The van der Waals surface area contributed by atoms with Gasteiger partial charge in [-0.1, -0.05) is 15.9 Å². The Hall–Kier alpha value is -0.990. The molecule has 20 heavy (non-hydrogen) atoms. The number of nitrogens with one attached hydrogen (secondary N) is 2. The first kappa shape index (κ1) is 17.1. The number of halogens is 2. The average Bonchev–Trinajstić information content (AvgIpc) is 2.26. The lowest BCUT2D eigenvalue weighted by Gasteiger charge is -2.16. The van der Waals surface area contributed by atoms with Crippen LogP contribution in [0.1, 0.15) is 20.8 Å². The van der Waals surface area contributed by atoms with Crippen LogP contribution < -0.4 is 10.0 Å². The van der Waals surface area contributed by atoms with Crippen LogP contribution in [0, 0.1) is 5.82 Å². The van der Waals surface area contributed by atoms with Crippen molar-refractivity contribution in [3.63, 3.8) is 0 Å². The number of hydrogen-bond donors (Lipinski definition) is 2. The molecular formula is C12H16BrFN2O3S. The molecule has 0 heterocycles. The minimum Gasteiger partial charge on any atom is -0.353 e. The minimum absolute atomic E-state index is 0.112. The highest BCUT2D eigenvalue weighted by atomic mass is 79.9. The van der Waals surface area contributed by atoms with E-state index in [1.165, 1.54) is 13.0 Å².